The maximum absolute atomic E-state index is 13.2. The number of alkyl halides is 4. The van der Waals surface area contributed by atoms with Crippen LogP contribution in [-0.4, -0.2) is 22.1 Å². The van der Waals surface area contributed by atoms with E-state index in [0.29, 0.717) is 33.1 Å². The minimum absolute atomic E-state index is 0.206. The van der Waals surface area contributed by atoms with Gasteiger partial charge in [0.05, 0.1) is 16.6 Å². The molecule has 1 aromatic heterocycles. The molecular weight excluding hydrogens is 444 g/mol. The van der Waals surface area contributed by atoms with Gasteiger partial charge in [-0.3, -0.25) is 9.36 Å². The van der Waals surface area contributed by atoms with Crippen LogP contribution >= 0.6 is 11.8 Å². The Balaban J connectivity index is 1.61. The summed E-state index contributed by atoms with van der Waals surface area (Å²) in [5.41, 5.74) is 1.73. The second-order valence-corrected chi connectivity index (χ2v) is 7.73. The number of aromatic nitrogens is 2. The molecule has 3 aromatic carbocycles. The lowest BCUT2D eigenvalue weighted by Gasteiger charge is -2.17. The fourth-order valence-electron chi connectivity index (χ4n) is 3.02. The predicted molar refractivity (Wildman–Crippen MR) is 115 cm³/mol. The first-order valence-electron chi connectivity index (χ1n) is 9.49. The minimum atomic E-state index is -4.56. The van der Waals surface area contributed by atoms with E-state index in [2.05, 4.69) is 9.72 Å². The van der Waals surface area contributed by atoms with Crippen LogP contribution in [0.3, 0.4) is 0 Å². The maximum atomic E-state index is 13.2. The topological polar surface area (TPSA) is 44.1 Å². The van der Waals surface area contributed by atoms with E-state index in [1.807, 2.05) is 18.2 Å². The van der Waals surface area contributed by atoms with Gasteiger partial charge in [-0.15, -0.1) is 0 Å². The van der Waals surface area contributed by atoms with Gasteiger partial charge in [-0.2, -0.15) is 17.6 Å². The van der Waals surface area contributed by atoms with Crippen LogP contribution in [0.1, 0.15) is 5.56 Å². The van der Waals surface area contributed by atoms with E-state index in [-0.39, 0.29) is 11.3 Å². The molecule has 4 rings (SSSR count). The van der Waals surface area contributed by atoms with Crippen LogP contribution in [-0.2, 0) is 5.75 Å². The van der Waals surface area contributed by atoms with Gasteiger partial charge in [0.1, 0.15) is 5.75 Å². The Labute approximate surface area is 184 Å². The van der Waals surface area contributed by atoms with Gasteiger partial charge in [-0.05, 0) is 42.0 Å². The molecule has 4 aromatic rings. The van der Waals surface area contributed by atoms with Crippen molar-refractivity contribution in [1.82, 2.24) is 9.55 Å². The van der Waals surface area contributed by atoms with Gasteiger partial charge < -0.3 is 4.74 Å². The molecule has 0 saturated heterocycles. The number of para-hydroxylation sites is 2. The van der Waals surface area contributed by atoms with Gasteiger partial charge in [0.15, 0.2) is 5.16 Å². The average Bonchev–Trinajstić information content (AvgIpc) is 2.79. The van der Waals surface area contributed by atoms with Crippen LogP contribution in [0.2, 0.25) is 0 Å². The molecule has 0 aliphatic heterocycles. The van der Waals surface area contributed by atoms with Crippen molar-refractivity contribution in [1.29, 1.82) is 0 Å². The number of thioether (sulfide) groups is 1. The summed E-state index contributed by atoms with van der Waals surface area (Å²) in [7, 11) is 0. The lowest BCUT2D eigenvalue weighted by atomic mass is 10.2. The molecule has 0 aliphatic rings. The van der Waals surface area contributed by atoms with Gasteiger partial charge >= 0.3 is 12.5 Å². The number of hydrogen-bond donors (Lipinski definition) is 0. The van der Waals surface area contributed by atoms with Crippen molar-refractivity contribution in [3.63, 3.8) is 0 Å². The largest absolute Gasteiger partial charge is 0.461 e. The molecule has 0 N–H and O–H groups in total. The van der Waals surface area contributed by atoms with Crippen molar-refractivity contribution in [2.75, 3.05) is 0 Å². The smallest absolute Gasteiger partial charge is 0.428 e. The third-order valence-electron chi connectivity index (χ3n) is 4.56. The van der Waals surface area contributed by atoms with Crippen molar-refractivity contribution in [3.8, 4) is 11.4 Å². The molecule has 4 nitrogen and oxygen atoms in total. The van der Waals surface area contributed by atoms with Crippen LogP contribution in [0.5, 0.6) is 5.75 Å². The van der Waals surface area contributed by atoms with Crippen molar-refractivity contribution >= 4 is 22.7 Å². The maximum Gasteiger partial charge on any atom is 0.461 e. The molecular formula is C23H16F4N2O2S. The summed E-state index contributed by atoms with van der Waals surface area (Å²) >= 11 is 1.29. The Morgan fingerprint density at radius 3 is 2.28 bits per heavy atom. The third-order valence-corrected chi connectivity index (χ3v) is 5.57. The number of fused-ring (bicyclic) bond motifs is 1. The van der Waals surface area contributed by atoms with Gasteiger partial charge in [0.25, 0.3) is 5.56 Å². The lowest BCUT2D eigenvalue weighted by Crippen LogP contribution is -2.33. The van der Waals surface area contributed by atoms with Gasteiger partial charge in [0, 0.05) is 5.75 Å². The highest BCUT2D eigenvalue weighted by atomic mass is 32.2. The highest BCUT2D eigenvalue weighted by Gasteiger charge is 2.43. The first-order chi connectivity index (χ1) is 15.3. The van der Waals surface area contributed by atoms with Crippen LogP contribution in [0.15, 0.2) is 88.8 Å². The zero-order chi connectivity index (χ0) is 22.7. The molecule has 0 spiro atoms. The zero-order valence-electron chi connectivity index (χ0n) is 16.4. The molecule has 0 fully saturated rings. The number of halogens is 4. The van der Waals surface area contributed by atoms with Crippen LogP contribution < -0.4 is 10.3 Å². The molecule has 0 atom stereocenters. The molecule has 9 heteroatoms. The molecule has 0 bridgehead atoms. The summed E-state index contributed by atoms with van der Waals surface area (Å²) in [5, 5.41) is 0.951. The van der Waals surface area contributed by atoms with Crippen LogP contribution in [0.25, 0.3) is 16.6 Å². The Bertz CT molecular complexity index is 1280. The predicted octanol–water partition coefficient (Wildman–Crippen LogP) is 5.91. The van der Waals surface area contributed by atoms with Gasteiger partial charge in [-0.25, -0.2) is 4.98 Å². The Morgan fingerprint density at radius 1 is 0.938 bits per heavy atom. The second-order valence-electron chi connectivity index (χ2n) is 6.78. The van der Waals surface area contributed by atoms with E-state index in [1.54, 1.807) is 36.4 Å². The van der Waals surface area contributed by atoms with E-state index >= 15 is 0 Å². The molecule has 0 unspecified atom stereocenters. The quantitative estimate of drug-likeness (QED) is 0.195. The average molecular weight is 460 g/mol. The summed E-state index contributed by atoms with van der Waals surface area (Å²) in [6.45, 7) is 0. The molecule has 32 heavy (non-hydrogen) atoms. The van der Waals surface area contributed by atoms with Gasteiger partial charge in [-0.1, -0.05) is 54.2 Å². The van der Waals surface area contributed by atoms with E-state index in [4.69, 9.17) is 0 Å². The summed E-state index contributed by atoms with van der Waals surface area (Å²) < 4.78 is 56.3. The number of ether oxygens (including phenoxy) is 1. The lowest BCUT2D eigenvalue weighted by molar-refractivity contribution is -0.253. The molecule has 0 aliphatic carbocycles. The standard InChI is InChI=1S/C23H16F4N2O2S/c24-21(25)23(26,27)31-17-12-10-15(11-13-17)14-32-22-28-19-9-5-4-8-18(19)20(30)29(22)16-6-2-1-3-7-16/h1-13,21H,14H2. The Morgan fingerprint density at radius 2 is 1.59 bits per heavy atom. The molecule has 1 heterocycles. The normalized spacial score (nSPS) is 11.8. The number of nitrogens with zero attached hydrogens (tertiary/aromatic N) is 2. The van der Waals surface area contributed by atoms with Crippen molar-refractivity contribution in [3.05, 3.63) is 94.8 Å². The van der Waals surface area contributed by atoms with Crippen molar-refractivity contribution < 1.29 is 22.3 Å². The minimum Gasteiger partial charge on any atom is -0.428 e. The molecule has 0 radical (unpaired) electrons. The first-order valence-corrected chi connectivity index (χ1v) is 10.5. The number of benzene rings is 3. The van der Waals surface area contributed by atoms with Crippen LogP contribution in [0, 0.1) is 0 Å². The monoisotopic (exact) mass is 460 g/mol. The zero-order valence-corrected chi connectivity index (χ0v) is 17.2. The number of rotatable bonds is 7. The van der Waals surface area contributed by atoms with Crippen LogP contribution in [0.4, 0.5) is 17.6 Å². The summed E-state index contributed by atoms with van der Waals surface area (Å²) in [5.74, 6) is -0.00238. The summed E-state index contributed by atoms with van der Waals surface area (Å²) in [4.78, 5) is 17.8. The fourth-order valence-corrected chi connectivity index (χ4v) is 3.99. The summed E-state index contributed by atoms with van der Waals surface area (Å²) in [6, 6.07) is 21.5. The Hall–Kier alpha value is -3.33. The fraction of sp³-hybridized carbons (Fsp3) is 0.130. The SMILES string of the molecule is O=c1c2ccccc2nc(SCc2ccc(OC(F)(F)C(F)F)cc2)n1-c1ccccc1. The molecule has 0 amide bonds. The van der Waals surface area contributed by atoms with Crippen molar-refractivity contribution in [2.45, 2.75) is 23.4 Å². The highest BCUT2D eigenvalue weighted by molar-refractivity contribution is 7.98. The molecule has 0 saturated carbocycles. The van der Waals surface area contributed by atoms with Crippen molar-refractivity contribution in [2.24, 2.45) is 0 Å². The second kappa shape index (κ2) is 9.04. The number of hydrogen-bond acceptors (Lipinski definition) is 4. The third kappa shape index (κ3) is 4.62. The summed E-state index contributed by atoms with van der Waals surface area (Å²) in [6.07, 6.45) is -8.48. The van der Waals surface area contributed by atoms with E-state index in [9.17, 15) is 22.4 Å². The van der Waals surface area contributed by atoms with E-state index < -0.39 is 12.5 Å². The Kier molecular flexibility index (Phi) is 6.18. The van der Waals surface area contributed by atoms with E-state index in [1.165, 1.54) is 40.6 Å². The van der Waals surface area contributed by atoms with Gasteiger partial charge in [0.2, 0.25) is 0 Å². The first kappa shape index (κ1) is 21.9. The molecule has 164 valence electrons. The highest BCUT2D eigenvalue weighted by Crippen LogP contribution is 2.29. The van der Waals surface area contributed by atoms with E-state index in [0.717, 1.165) is 0 Å².